The number of amides is 2. The summed E-state index contributed by atoms with van der Waals surface area (Å²) in [6, 6.07) is 18.5. The second-order valence-electron chi connectivity index (χ2n) is 8.40. The Balaban J connectivity index is 1.36. The number of nitrogens with two attached hydrogens (primary N) is 1. The van der Waals surface area contributed by atoms with Gasteiger partial charge >= 0.3 is 0 Å². The summed E-state index contributed by atoms with van der Waals surface area (Å²) < 4.78 is 13.4. The van der Waals surface area contributed by atoms with Gasteiger partial charge in [-0.1, -0.05) is 18.2 Å². The molecule has 3 aromatic carbocycles. The first kappa shape index (κ1) is 22.7. The maximum atomic E-state index is 13.4. The molecule has 0 aliphatic heterocycles. The van der Waals surface area contributed by atoms with Gasteiger partial charge in [0.1, 0.15) is 12.4 Å². The van der Waals surface area contributed by atoms with Crippen LogP contribution in [-0.2, 0) is 17.6 Å². The molecule has 0 unspecified atom stereocenters. The first-order valence-corrected chi connectivity index (χ1v) is 12.1. The Morgan fingerprint density at radius 2 is 1.74 bits per heavy atom. The molecule has 0 saturated carbocycles. The van der Waals surface area contributed by atoms with Gasteiger partial charge in [0, 0.05) is 27.9 Å². The number of hydrogen-bond acceptors (Lipinski definition) is 5. The first-order chi connectivity index (χ1) is 17.0. The van der Waals surface area contributed by atoms with Crippen molar-refractivity contribution >= 4 is 39.7 Å². The van der Waals surface area contributed by atoms with E-state index in [9.17, 15) is 14.0 Å². The number of halogens is 1. The summed E-state index contributed by atoms with van der Waals surface area (Å²) in [6.45, 7) is -0.181. The maximum absolute atomic E-state index is 13.4. The highest BCUT2D eigenvalue weighted by Crippen LogP contribution is 2.28. The van der Waals surface area contributed by atoms with Gasteiger partial charge in [-0.05, 0) is 78.9 Å². The molecule has 0 bridgehead atoms. The van der Waals surface area contributed by atoms with Crippen molar-refractivity contribution in [2.45, 2.75) is 19.3 Å². The third-order valence-electron chi connectivity index (χ3n) is 6.02. The van der Waals surface area contributed by atoms with Crippen LogP contribution in [0.5, 0.6) is 0 Å². The standard InChI is InChI=1S/C27H23FN4O2S/c28-21-9-4-19(5-10-21)26(34)32(23-13-8-17-2-1-3-20(17)14-23)15-25(33)30-22-11-6-18(7-12-22)24-16-35-27(29)31-24/h4-14,16H,1-3,15H2,(H2,29,31)(H,30,33). The zero-order valence-corrected chi connectivity index (χ0v) is 19.6. The van der Waals surface area contributed by atoms with E-state index in [0.29, 0.717) is 22.1 Å². The Morgan fingerprint density at radius 3 is 2.46 bits per heavy atom. The highest BCUT2D eigenvalue weighted by atomic mass is 32.1. The van der Waals surface area contributed by atoms with E-state index in [0.717, 1.165) is 30.5 Å². The predicted octanol–water partition coefficient (Wildman–Crippen LogP) is 5.31. The van der Waals surface area contributed by atoms with Gasteiger partial charge < -0.3 is 11.1 Å². The lowest BCUT2D eigenvalue weighted by Crippen LogP contribution is -2.38. The van der Waals surface area contributed by atoms with Crippen molar-refractivity contribution in [3.8, 4) is 11.3 Å². The molecule has 0 atom stereocenters. The van der Waals surface area contributed by atoms with Gasteiger partial charge in [-0.2, -0.15) is 0 Å². The molecule has 5 rings (SSSR count). The van der Waals surface area contributed by atoms with Crippen molar-refractivity contribution in [1.29, 1.82) is 0 Å². The quantitative estimate of drug-likeness (QED) is 0.387. The maximum Gasteiger partial charge on any atom is 0.258 e. The molecule has 6 nitrogen and oxygen atoms in total. The van der Waals surface area contributed by atoms with Crippen molar-refractivity contribution in [1.82, 2.24) is 4.98 Å². The Morgan fingerprint density at radius 1 is 1.00 bits per heavy atom. The summed E-state index contributed by atoms with van der Waals surface area (Å²) in [7, 11) is 0. The normalized spacial score (nSPS) is 12.3. The molecule has 1 aromatic heterocycles. The summed E-state index contributed by atoms with van der Waals surface area (Å²) in [5.74, 6) is -1.13. The molecule has 3 N–H and O–H groups in total. The number of nitrogens with one attached hydrogen (secondary N) is 1. The lowest BCUT2D eigenvalue weighted by atomic mass is 10.1. The topological polar surface area (TPSA) is 88.3 Å². The van der Waals surface area contributed by atoms with Gasteiger partial charge in [0.25, 0.3) is 5.91 Å². The van der Waals surface area contributed by atoms with Crippen LogP contribution in [0.2, 0.25) is 0 Å². The van der Waals surface area contributed by atoms with Crippen molar-refractivity contribution in [3.63, 3.8) is 0 Å². The number of fused-ring (bicyclic) bond motifs is 1. The Kier molecular flexibility index (Phi) is 6.29. The van der Waals surface area contributed by atoms with Gasteiger partial charge in [-0.15, -0.1) is 11.3 Å². The molecule has 2 amide bonds. The van der Waals surface area contributed by atoms with E-state index < -0.39 is 5.82 Å². The number of aromatic nitrogens is 1. The zero-order chi connectivity index (χ0) is 24.4. The molecule has 35 heavy (non-hydrogen) atoms. The van der Waals surface area contributed by atoms with Crippen LogP contribution in [-0.4, -0.2) is 23.3 Å². The average Bonchev–Trinajstić information content (AvgIpc) is 3.51. The minimum Gasteiger partial charge on any atom is -0.375 e. The summed E-state index contributed by atoms with van der Waals surface area (Å²) in [6.07, 6.45) is 3.05. The number of rotatable bonds is 6. The van der Waals surface area contributed by atoms with Crippen LogP contribution in [0.25, 0.3) is 11.3 Å². The Hall–Kier alpha value is -4.04. The lowest BCUT2D eigenvalue weighted by molar-refractivity contribution is -0.114. The fourth-order valence-electron chi connectivity index (χ4n) is 4.24. The highest BCUT2D eigenvalue weighted by molar-refractivity contribution is 7.13. The lowest BCUT2D eigenvalue weighted by Gasteiger charge is -2.23. The van der Waals surface area contributed by atoms with Crippen LogP contribution < -0.4 is 16.0 Å². The first-order valence-electron chi connectivity index (χ1n) is 11.3. The summed E-state index contributed by atoms with van der Waals surface area (Å²) in [5, 5.41) is 5.23. The van der Waals surface area contributed by atoms with Crippen LogP contribution >= 0.6 is 11.3 Å². The molecular weight excluding hydrogens is 463 g/mol. The molecule has 0 radical (unpaired) electrons. The molecule has 0 fully saturated rings. The van der Waals surface area contributed by atoms with E-state index >= 15 is 0 Å². The molecule has 0 spiro atoms. The fourth-order valence-corrected chi connectivity index (χ4v) is 4.82. The van der Waals surface area contributed by atoms with Crippen LogP contribution in [0.3, 0.4) is 0 Å². The summed E-state index contributed by atoms with van der Waals surface area (Å²) >= 11 is 1.37. The minimum atomic E-state index is -0.424. The van der Waals surface area contributed by atoms with Crippen LogP contribution in [0.1, 0.15) is 27.9 Å². The Bertz CT molecular complexity index is 1380. The molecule has 1 aliphatic carbocycles. The van der Waals surface area contributed by atoms with Gasteiger partial charge in [-0.3, -0.25) is 14.5 Å². The SMILES string of the molecule is Nc1nc(-c2ccc(NC(=O)CN(C(=O)c3ccc(F)cc3)c3ccc4c(c3)CCC4)cc2)cs1. The van der Waals surface area contributed by atoms with Crippen LogP contribution in [0, 0.1) is 5.82 Å². The number of anilines is 3. The van der Waals surface area contributed by atoms with E-state index in [-0.39, 0.29) is 18.4 Å². The van der Waals surface area contributed by atoms with E-state index in [1.807, 2.05) is 35.7 Å². The number of aryl methyl sites for hydroxylation is 2. The molecule has 1 heterocycles. The van der Waals surface area contributed by atoms with E-state index in [1.54, 1.807) is 12.1 Å². The molecule has 4 aromatic rings. The van der Waals surface area contributed by atoms with E-state index in [4.69, 9.17) is 5.73 Å². The molecule has 1 aliphatic rings. The number of carbonyl (C=O) groups is 2. The second-order valence-corrected chi connectivity index (χ2v) is 9.29. The monoisotopic (exact) mass is 486 g/mol. The number of hydrogen-bond donors (Lipinski definition) is 2. The molecule has 176 valence electrons. The smallest absolute Gasteiger partial charge is 0.258 e. The second kappa shape index (κ2) is 9.68. The number of nitrogen functional groups attached to an aromatic ring is 1. The van der Waals surface area contributed by atoms with E-state index in [2.05, 4.69) is 10.3 Å². The molecule has 0 saturated heterocycles. The predicted molar refractivity (Wildman–Crippen MR) is 137 cm³/mol. The van der Waals surface area contributed by atoms with Gasteiger partial charge in [-0.25, -0.2) is 9.37 Å². The number of benzene rings is 3. The van der Waals surface area contributed by atoms with Gasteiger partial charge in [0.2, 0.25) is 5.91 Å². The van der Waals surface area contributed by atoms with Gasteiger partial charge in [0.15, 0.2) is 5.13 Å². The largest absolute Gasteiger partial charge is 0.375 e. The van der Waals surface area contributed by atoms with E-state index in [1.165, 1.54) is 51.6 Å². The zero-order valence-electron chi connectivity index (χ0n) is 18.8. The minimum absolute atomic E-state index is 0.181. The molecular formula is C27H23FN4O2S. The number of nitrogens with zero attached hydrogens (tertiary/aromatic N) is 2. The molecule has 8 heteroatoms. The van der Waals surface area contributed by atoms with Crippen molar-refractivity contribution < 1.29 is 14.0 Å². The third-order valence-corrected chi connectivity index (χ3v) is 6.69. The van der Waals surface area contributed by atoms with Crippen LogP contribution in [0.15, 0.2) is 72.1 Å². The summed E-state index contributed by atoms with van der Waals surface area (Å²) in [4.78, 5) is 32.0. The fraction of sp³-hybridized carbons (Fsp3) is 0.148. The average molecular weight is 487 g/mol. The van der Waals surface area contributed by atoms with Crippen molar-refractivity contribution in [2.75, 3.05) is 22.5 Å². The van der Waals surface area contributed by atoms with Crippen LogP contribution in [0.4, 0.5) is 20.9 Å². The number of carbonyl (C=O) groups excluding carboxylic acids is 2. The summed E-state index contributed by atoms with van der Waals surface area (Å²) in [5.41, 5.74) is 11.4. The number of thiazole rings is 1. The highest BCUT2D eigenvalue weighted by Gasteiger charge is 2.23. The third kappa shape index (κ3) is 5.07. The van der Waals surface area contributed by atoms with Gasteiger partial charge in [0.05, 0.1) is 5.69 Å². The van der Waals surface area contributed by atoms with Crippen molar-refractivity contribution in [2.24, 2.45) is 0 Å². The Labute approximate surface area is 206 Å². The van der Waals surface area contributed by atoms with Crippen molar-refractivity contribution in [3.05, 3.63) is 94.6 Å².